The molecule has 0 radical (unpaired) electrons. The van der Waals surface area contributed by atoms with E-state index >= 15 is 0 Å². The molecular weight excluding hydrogens is 453 g/mol. The van der Waals surface area contributed by atoms with Gasteiger partial charge in [0, 0.05) is 17.8 Å². The third-order valence-electron chi connectivity index (χ3n) is 4.62. The van der Waals surface area contributed by atoms with Crippen LogP contribution >= 0.6 is 0 Å². The average molecular weight is 491 g/mol. The molecule has 0 saturated heterocycles. The van der Waals surface area contributed by atoms with Gasteiger partial charge in [0.1, 0.15) is 5.83 Å². The predicted octanol–water partition coefficient (Wildman–Crippen LogP) is 8.61. The van der Waals surface area contributed by atoms with Gasteiger partial charge in [-0.25, -0.2) is 8.78 Å². The van der Waals surface area contributed by atoms with Gasteiger partial charge >= 0.3 is 0 Å². The van der Waals surface area contributed by atoms with Crippen LogP contribution in [0.25, 0.3) is 0 Å². The quantitative estimate of drug-likeness (QED) is 0.151. The van der Waals surface area contributed by atoms with Crippen LogP contribution in [0.1, 0.15) is 34.1 Å². The van der Waals surface area contributed by atoms with E-state index in [2.05, 4.69) is 39.5 Å². The Morgan fingerprint density at radius 3 is 2.03 bits per heavy atom. The highest BCUT2D eigenvalue weighted by molar-refractivity contribution is 5.52. The molecule has 0 aromatic carbocycles. The molecule has 0 bridgehead atoms. The first kappa shape index (κ1) is 31.9. The molecule has 6 heteroatoms. The minimum absolute atomic E-state index is 0.0701. The van der Waals surface area contributed by atoms with Gasteiger partial charge in [0.15, 0.2) is 11.6 Å². The standard InChI is InChI=1S/C29H37F3O3/c1-11-15-33-22(6)18-35-25(9)24(8)27(30)17-21(5)19(3)13-14-20(4)23(7)28(31)29(32)26(10)34-16-12-2/h12-14,16-17,22,25H,3-5,7-8,10-11,15,18H2,1-2,6,9H3/b14-13-,16-12-,27-17+,29-28-. The first-order valence-electron chi connectivity index (χ1n) is 11.1. The maximum absolute atomic E-state index is 14.6. The molecule has 0 fully saturated rings. The number of hydrogen-bond donors (Lipinski definition) is 0. The highest BCUT2D eigenvalue weighted by atomic mass is 19.2. The molecule has 2 atom stereocenters. The Morgan fingerprint density at radius 1 is 0.857 bits per heavy atom. The third kappa shape index (κ3) is 11.7. The van der Waals surface area contributed by atoms with Crippen molar-refractivity contribution in [2.45, 2.75) is 46.3 Å². The van der Waals surface area contributed by atoms with Gasteiger partial charge in [-0.2, -0.15) is 4.39 Å². The van der Waals surface area contributed by atoms with Crippen LogP contribution in [0.15, 0.2) is 121 Å². The summed E-state index contributed by atoms with van der Waals surface area (Å²) in [4.78, 5) is 0. The largest absolute Gasteiger partial charge is 0.463 e. The molecule has 0 aliphatic carbocycles. The number of ether oxygens (including phenoxy) is 3. The molecule has 0 heterocycles. The number of hydrogen-bond acceptors (Lipinski definition) is 3. The Kier molecular flexibility index (Phi) is 15.1. The van der Waals surface area contributed by atoms with Crippen molar-refractivity contribution in [3.8, 4) is 0 Å². The number of halogens is 3. The fourth-order valence-corrected chi connectivity index (χ4v) is 2.29. The van der Waals surface area contributed by atoms with Crippen molar-refractivity contribution >= 4 is 0 Å². The van der Waals surface area contributed by atoms with Gasteiger partial charge in [0.2, 0.25) is 5.83 Å². The highest BCUT2D eigenvalue weighted by Crippen LogP contribution is 2.27. The van der Waals surface area contributed by atoms with E-state index in [0.717, 1.165) is 6.42 Å². The summed E-state index contributed by atoms with van der Waals surface area (Å²) in [5.41, 5.74) is 0.482. The molecular formula is C29H37F3O3. The fourth-order valence-electron chi connectivity index (χ4n) is 2.29. The summed E-state index contributed by atoms with van der Waals surface area (Å²) in [7, 11) is 0. The summed E-state index contributed by atoms with van der Waals surface area (Å²) in [6.07, 6.45) is 6.84. The zero-order valence-electron chi connectivity index (χ0n) is 21.3. The predicted molar refractivity (Wildman–Crippen MR) is 139 cm³/mol. The maximum Gasteiger partial charge on any atom is 0.201 e. The van der Waals surface area contributed by atoms with Gasteiger partial charge in [-0.1, -0.05) is 64.6 Å². The molecule has 0 N–H and O–H groups in total. The van der Waals surface area contributed by atoms with Crippen molar-refractivity contribution in [1.82, 2.24) is 0 Å². The molecule has 2 unspecified atom stereocenters. The smallest absolute Gasteiger partial charge is 0.201 e. The maximum atomic E-state index is 14.6. The zero-order chi connectivity index (χ0) is 27.1. The summed E-state index contributed by atoms with van der Waals surface area (Å²) in [5.74, 6) is -3.67. The monoisotopic (exact) mass is 490 g/mol. The van der Waals surface area contributed by atoms with Gasteiger partial charge in [-0.05, 0) is 50.0 Å². The van der Waals surface area contributed by atoms with E-state index in [-0.39, 0.29) is 28.4 Å². The van der Waals surface area contributed by atoms with Crippen molar-refractivity contribution in [2.75, 3.05) is 13.2 Å². The van der Waals surface area contributed by atoms with Crippen LogP contribution in [0.5, 0.6) is 0 Å². The average Bonchev–Trinajstić information content (AvgIpc) is 2.85. The molecule has 192 valence electrons. The van der Waals surface area contributed by atoms with Crippen LogP contribution < -0.4 is 0 Å². The van der Waals surface area contributed by atoms with Gasteiger partial charge in [0.05, 0.1) is 25.1 Å². The number of rotatable bonds is 17. The molecule has 0 saturated carbocycles. The van der Waals surface area contributed by atoms with E-state index < -0.39 is 29.3 Å². The fraction of sp³-hybridized carbons (Fsp3) is 0.310. The first-order valence-corrected chi connectivity index (χ1v) is 11.1. The lowest BCUT2D eigenvalue weighted by Crippen LogP contribution is -2.21. The van der Waals surface area contributed by atoms with Gasteiger partial charge in [-0.3, -0.25) is 0 Å². The molecule has 0 spiro atoms. The highest BCUT2D eigenvalue weighted by Gasteiger charge is 2.16. The van der Waals surface area contributed by atoms with Crippen molar-refractivity contribution < 1.29 is 27.4 Å². The van der Waals surface area contributed by atoms with E-state index in [1.807, 2.05) is 13.8 Å². The Labute approximate surface area is 208 Å². The molecule has 0 rings (SSSR count). The molecule has 3 nitrogen and oxygen atoms in total. The summed E-state index contributed by atoms with van der Waals surface area (Å²) in [6.45, 7) is 30.0. The first-order chi connectivity index (χ1) is 16.4. The molecule has 0 aliphatic rings. The van der Waals surface area contributed by atoms with Crippen molar-refractivity contribution in [3.05, 3.63) is 121 Å². The van der Waals surface area contributed by atoms with Gasteiger partial charge in [0.25, 0.3) is 0 Å². The lowest BCUT2D eigenvalue weighted by molar-refractivity contribution is -0.0217. The molecule has 0 amide bonds. The molecule has 0 aromatic heterocycles. The van der Waals surface area contributed by atoms with Crippen LogP contribution in [0.2, 0.25) is 0 Å². The van der Waals surface area contributed by atoms with E-state index in [4.69, 9.17) is 14.2 Å². The summed E-state index contributed by atoms with van der Waals surface area (Å²) < 4.78 is 59.0. The Morgan fingerprint density at radius 2 is 1.46 bits per heavy atom. The Balaban J connectivity index is 5.08. The zero-order valence-corrected chi connectivity index (χ0v) is 21.3. The second kappa shape index (κ2) is 16.5. The van der Waals surface area contributed by atoms with E-state index in [1.54, 1.807) is 13.8 Å². The van der Waals surface area contributed by atoms with Gasteiger partial charge < -0.3 is 14.2 Å². The summed E-state index contributed by atoms with van der Waals surface area (Å²) in [5, 5.41) is 0. The minimum atomic E-state index is -1.29. The van der Waals surface area contributed by atoms with Crippen LogP contribution in [0, 0.1) is 0 Å². The number of allylic oxidation sites excluding steroid dienone is 10. The van der Waals surface area contributed by atoms with Crippen LogP contribution in [-0.4, -0.2) is 25.4 Å². The Bertz CT molecular complexity index is 948. The lowest BCUT2D eigenvalue weighted by atomic mass is 10.0. The second-order valence-electron chi connectivity index (χ2n) is 7.70. The van der Waals surface area contributed by atoms with Crippen molar-refractivity contribution in [2.24, 2.45) is 0 Å². The minimum Gasteiger partial charge on any atom is -0.463 e. The van der Waals surface area contributed by atoms with Crippen LogP contribution in [0.4, 0.5) is 13.2 Å². The topological polar surface area (TPSA) is 27.7 Å². The molecule has 0 aliphatic heterocycles. The van der Waals surface area contributed by atoms with E-state index in [1.165, 1.54) is 30.6 Å². The molecule has 35 heavy (non-hydrogen) atoms. The van der Waals surface area contributed by atoms with Crippen LogP contribution in [0.3, 0.4) is 0 Å². The second-order valence-corrected chi connectivity index (χ2v) is 7.70. The van der Waals surface area contributed by atoms with Crippen LogP contribution in [-0.2, 0) is 14.2 Å². The van der Waals surface area contributed by atoms with E-state index in [0.29, 0.717) is 18.8 Å². The van der Waals surface area contributed by atoms with E-state index in [9.17, 15) is 13.2 Å². The van der Waals surface area contributed by atoms with Crippen molar-refractivity contribution in [1.29, 1.82) is 0 Å². The third-order valence-corrected chi connectivity index (χ3v) is 4.62. The normalized spacial score (nSPS) is 14.4. The Hall–Kier alpha value is -3.09. The SMILES string of the molecule is C=C(/C=C\C(=C)C(=C)/C(F)=C(/F)C(=C)O/C=C\C)C(=C)/C=C(/F)C(=C)C(C)OCC(C)OCCC. The lowest BCUT2D eigenvalue weighted by Gasteiger charge is -2.18. The van der Waals surface area contributed by atoms with Crippen molar-refractivity contribution in [3.63, 3.8) is 0 Å². The molecule has 0 aromatic rings. The summed E-state index contributed by atoms with van der Waals surface area (Å²) in [6, 6.07) is 0. The van der Waals surface area contributed by atoms with Gasteiger partial charge in [-0.15, -0.1) is 0 Å². The summed E-state index contributed by atoms with van der Waals surface area (Å²) >= 11 is 0.